The first-order chi connectivity index (χ1) is 10.4. The second kappa shape index (κ2) is 4.25. The predicted molar refractivity (Wildman–Crippen MR) is 91.5 cm³/mol. The summed E-state index contributed by atoms with van der Waals surface area (Å²) in [5.41, 5.74) is 7.72. The smallest absolute Gasteiger partial charge is 0.0997 e. The zero-order valence-electron chi connectivity index (χ0n) is 14.0. The molecule has 0 saturated carbocycles. The molecule has 3 nitrogen and oxygen atoms in total. The van der Waals surface area contributed by atoms with E-state index >= 15 is 0 Å². The summed E-state index contributed by atoms with van der Waals surface area (Å²) in [5, 5.41) is 0. The number of hydrogen-bond donors (Lipinski definition) is 0. The fourth-order valence-electron chi connectivity index (χ4n) is 4.59. The van der Waals surface area contributed by atoms with E-state index in [1.54, 1.807) is 0 Å². The van der Waals surface area contributed by atoms with Crippen molar-refractivity contribution >= 4 is 11.4 Å². The average molecular weight is 293 g/mol. The summed E-state index contributed by atoms with van der Waals surface area (Å²) in [6.45, 7) is 12.1. The Balaban J connectivity index is 1.93. The number of para-hydroxylation sites is 1. The van der Waals surface area contributed by atoms with E-state index < -0.39 is 0 Å². The summed E-state index contributed by atoms with van der Waals surface area (Å²) in [6, 6.07) is 11.0. The predicted octanol–water partition coefficient (Wildman–Crippen LogP) is 3.91. The van der Waals surface area contributed by atoms with E-state index in [-0.39, 0.29) is 5.54 Å². The SMILES string of the molecule is Cc1cc(C)c(N2C(C)N3CC2(C)c2ccccc23)c(C)n1. The Morgan fingerprint density at radius 1 is 1.18 bits per heavy atom. The van der Waals surface area contributed by atoms with Crippen LogP contribution in [0.2, 0.25) is 0 Å². The van der Waals surface area contributed by atoms with Crippen molar-refractivity contribution in [3.8, 4) is 0 Å². The molecule has 1 saturated heterocycles. The molecule has 3 heterocycles. The summed E-state index contributed by atoms with van der Waals surface area (Å²) >= 11 is 0. The van der Waals surface area contributed by atoms with Crippen molar-refractivity contribution in [2.24, 2.45) is 0 Å². The molecule has 2 aliphatic rings. The minimum absolute atomic E-state index is 0.0302. The van der Waals surface area contributed by atoms with Crippen molar-refractivity contribution in [1.29, 1.82) is 0 Å². The Hall–Kier alpha value is -2.03. The Morgan fingerprint density at radius 2 is 1.91 bits per heavy atom. The molecular formula is C19H23N3. The number of nitrogens with zero attached hydrogens (tertiary/aromatic N) is 3. The van der Waals surface area contributed by atoms with Gasteiger partial charge in [-0.15, -0.1) is 0 Å². The maximum Gasteiger partial charge on any atom is 0.0997 e. The first-order valence-electron chi connectivity index (χ1n) is 8.04. The van der Waals surface area contributed by atoms with Gasteiger partial charge < -0.3 is 9.80 Å². The van der Waals surface area contributed by atoms with Crippen LogP contribution >= 0.6 is 0 Å². The average Bonchev–Trinajstić information content (AvgIpc) is 2.89. The fraction of sp³-hybridized carbons (Fsp3) is 0.421. The molecule has 1 aromatic heterocycles. The molecule has 2 aliphatic heterocycles. The first-order valence-corrected chi connectivity index (χ1v) is 8.04. The lowest BCUT2D eigenvalue weighted by atomic mass is 9.90. The summed E-state index contributed by atoms with van der Waals surface area (Å²) in [5.74, 6) is 0. The van der Waals surface area contributed by atoms with Crippen molar-refractivity contribution in [3.05, 3.63) is 52.8 Å². The fourth-order valence-corrected chi connectivity index (χ4v) is 4.59. The van der Waals surface area contributed by atoms with Gasteiger partial charge in [-0.25, -0.2) is 0 Å². The van der Waals surface area contributed by atoms with E-state index in [1.807, 2.05) is 0 Å². The molecule has 22 heavy (non-hydrogen) atoms. The minimum atomic E-state index is 0.0302. The van der Waals surface area contributed by atoms with Crippen molar-refractivity contribution < 1.29 is 0 Å². The highest BCUT2D eigenvalue weighted by Crippen LogP contribution is 2.53. The van der Waals surface area contributed by atoms with Crippen molar-refractivity contribution in [2.45, 2.75) is 46.3 Å². The number of aryl methyl sites for hydroxylation is 3. The van der Waals surface area contributed by atoms with E-state index in [1.165, 1.54) is 22.5 Å². The van der Waals surface area contributed by atoms with Crippen LogP contribution in [0.25, 0.3) is 0 Å². The second-order valence-corrected chi connectivity index (χ2v) is 6.94. The second-order valence-electron chi connectivity index (χ2n) is 6.94. The van der Waals surface area contributed by atoms with Crippen LogP contribution in [0.1, 0.15) is 36.4 Å². The molecule has 0 N–H and O–H groups in total. The summed E-state index contributed by atoms with van der Waals surface area (Å²) in [7, 11) is 0. The molecule has 0 radical (unpaired) electrons. The van der Waals surface area contributed by atoms with Crippen molar-refractivity contribution in [3.63, 3.8) is 0 Å². The van der Waals surface area contributed by atoms with Gasteiger partial charge in [0.1, 0.15) is 0 Å². The molecule has 2 aromatic rings. The van der Waals surface area contributed by atoms with E-state index in [0.29, 0.717) is 6.17 Å². The van der Waals surface area contributed by atoms with Crippen LogP contribution < -0.4 is 9.80 Å². The van der Waals surface area contributed by atoms with Crippen LogP contribution in [0.15, 0.2) is 30.3 Å². The lowest BCUT2D eigenvalue weighted by Crippen LogP contribution is -2.48. The number of anilines is 2. The zero-order valence-corrected chi connectivity index (χ0v) is 14.0. The molecular weight excluding hydrogens is 270 g/mol. The largest absolute Gasteiger partial charge is 0.348 e. The van der Waals surface area contributed by atoms with E-state index in [2.05, 4.69) is 74.8 Å². The maximum absolute atomic E-state index is 4.72. The van der Waals surface area contributed by atoms with Gasteiger partial charge in [-0.05, 0) is 52.3 Å². The van der Waals surface area contributed by atoms with Crippen LogP contribution in [0.5, 0.6) is 0 Å². The standard InChI is InChI=1S/C19H23N3/c1-12-10-13(2)20-14(3)18(12)22-15(4)21-11-19(22,5)16-8-6-7-9-17(16)21/h6-10,15H,11H2,1-5H3. The number of benzene rings is 1. The molecule has 1 fully saturated rings. The maximum atomic E-state index is 4.72. The van der Waals surface area contributed by atoms with Crippen LogP contribution in [0.3, 0.4) is 0 Å². The van der Waals surface area contributed by atoms with Gasteiger partial charge in [0, 0.05) is 23.5 Å². The third-order valence-corrected chi connectivity index (χ3v) is 5.35. The minimum Gasteiger partial charge on any atom is -0.348 e. The van der Waals surface area contributed by atoms with Crippen molar-refractivity contribution in [1.82, 2.24) is 4.98 Å². The van der Waals surface area contributed by atoms with Gasteiger partial charge in [0.2, 0.25) is 0 Å². The molecule has 2 unspecified atom stereocenters. The molecule has 1 aromatic carbocycles. The number of hydrogen-bond acceptors (Lipinski definition) is 3. The summed E-state index contributed by atoms with van der Waals surface area (Å²) < 4.78 is 0. The van der Waals surface area contributed by atoms with Crippen LogP contribution in [-0.4, -0.2) is 17.7 Å². The van der Waals surface area contributed by atoms with Crippen LogP contribution in [0, 0.1) is 20.8 Å². The molecule has 0 amide bonds. The van der Waals surface area contributed by atoms with Gasteiger partial charge >= 0.3 is 0 Å². The number of fused-ring (bicyclic) bond motifs is 5. The highest BCUT2D eigenvalue weighted by Gasteiger charge is 2.54. The van der Waals surface area contributed by atoms with Gasteiger partial charge in [-0.3, -0.25) is 4.98 Å². The molecule has 2 bridgehead atoms. The molecule has 0 aliphatic carbocycles. The van der Waals surface area contributed by atoms with Crippen LogP contribution in [0.4, 0.5) is 11.4 Å². The molecule has 4 rings (SSSR count). The van der Waals surface area contributed by atoms with Crippen molar-refractivity contribution in [2.75, 3.05) is 16.3 Å². The number of rotatable bonds is 1. The Labute approximate surface area is 132 Å². The van der Waals surface area contributed by atoms with Gasteiger partial charge in [-0.1, -0.05) is 18.2 Å². The highest BCUT2D eigenvalue weighted by molar-refractivity contribution is 5.74. The van der Waals surface area contributed by atoms with Crippen LogP contribution in [-0.2, 0) is 5.54 Å². The van der Waals surface area contributed by atoms with Gasteiger partial charge in [0.05, 0.1) is 23.1 Å². The lowest BCUT2D eigenvalue weighted by Gasteiger charge is -2.43. The molecule has 114 valence electrons. The zero-order chi connectivity index (χ0) is 15.6. The number of pyridine rings is 1. The lowest BCUT2D eigenvalue weighted by molar-refractivity contribution is 0.509. The van der Waals surface area contributed by atoms with Gasteiger partial charge in [0.15, 0.2) is 0 Å². The van der Waals surface area contributed by atoms with E-state index in [4.69, 9.17) is 4.98 Å². The number of aromatic nitrogens is 1. The quantitative estimate of drug-likeness (QED) is 0.794. The summed E-state index contributed by atoms with van der Waals surface area (Å²) in [6.07, 6.45) is 0.363. The third-order valence-electron chi connectivity index (χ3n) is 5.35. The molecule has 0 spiro atoms. The Bertz CT molecular complexity index is 744. The van der Waals surface area contributed by atoms with Gasteiger partial charge in [0.25, 0.3) is 0 Å². The molecule has 2 atom stereocenters. The molecule has 3 heteroatoms. The van der Waals surface area contributed by atoms with E-state index in [0.717, 1.165) is 17.9 Å². The monoisotopic (exact) mass is 293 g/mol. The van der Waals surface area contributed by atoms with Gasteiger partial charge in [-0.2, -0.15) is 0 Å². The Morgan fingerprint density at radius 3 is 2.64 bits per heavy atom. The Kier molecular flexibility index (Phi) is 2.63. The topological polar surface area (TPSA) is 19.4 Å². The highest BCUT2D eigenvalue weighted by atomic mass is 15.5. The van der Waals surface area contributed by atoms with E-state index in [9.17, 15) is 0 Å². The summed E-state index contributed by atoms with van der Waals surface area (Å²) in [4.78, 5) is 9.82. The first kappa shape index (κ1) is 13.6. The third kappa shape index (κ3) is 1.54. The normalized spacial score (nSPS) is 25.8.